The molecule has 0 heterocycles. The summed E-state index contributed by atoms with van der Waals surface area (Å²) in [6.07, 6.45) is 0.315. The third-order valence-corrected chi connectivity index (χ3v) is 2.15. The topological polar surface area (TPSA) is 73.6 Å². The fourth-order valence-corrected chi connectivity index (χ4v) is 1.25. The standard InChI is InChI=1S/C12H18N2O3/c1-16-11-5-2-4-10(8-11)9-17-12(15)14-7-3-6-13/h2,4-5,8H,3,6-7,9,13H2,1H3,(H,14,15). The van der Waals surface area contributed by atoms with Gasteiger partial charge in [0.1, 0.15) is 12.4 Å². The van der Waals surface area contributed by atoms with Crippen molar-refractivity contribution in [1.82, 2.24) is 5.32 Å². The average molecular weight is 238 g/mol. The zero-order valence-electron chi connectivity index (χ0n) is 9.94. The molecule has 0 spiro atoms. The van der Waals surface area contributed by atoms with Gasteiger partial charge in [0.05, 0.1) is 7.11 Å². The molecule has 0 fully saturated rings. The Kier molecular flexibility index (Phi) is 5.88. The minimum Gasteiger partial charge on any atom is -0.497 e. The summed E-state index contributed by atoms with van der Waals surface area (Å²) < 4.78 is 10.1. The fourth-order valence-electron chi connectivity index (χ4n) is 1.25. The van der Waals surface area contributed by atoms with Gasteiger partial charge in [0.15, 0.2) is 0 Å². The molecule has 3 N–H and O–H groups in total. The van der Waals surface area contributed by atoms with E-state index >= 15 is 0 Å². The molecule has 1 rings (SSSR count). The minimum absolute atomic E-state index is 0.228. The van der Waals surface area contributed by atoms with Crippen LogP contribution in [0.3, 0.4) is 0 Å². The normalized spacial score (nSPS) is 9.76. The fraction of sp³-hybridized carbons (Fsp3) is 0.417. The number of nitrogens with one attached hydrogen (secondary N) is 1. The second kappa shape index (κ2) is 7.51. The van der Waals surface area contributed by atoms with E-state index in [9.17, 15) is 4.79 Å². The van der Waals surface area contributed by atoms with Gasteiger partial charge in [-0.3, -0.25) is 0 Å². The summed E-state index contributed by atoms with van der Waals surface area (Å²) in [4.78, 5) is 11.2. The van der Waals surface area contributed by atoms with Crippen LogP contribution in [-0.2, 0) is 11.3 Å². The van der Waals surface area contributed by atoms with Crippen molar-refractivity contribution in [3.63, 3.8) is 0 Å². The lowest BCUT2D eigenvalue weighted by Crippen LogP contribution is -2.26. The first-order chi connectivity index (χ1) is 8.26. The van der Waals surface area contributed by atoms with E-state index in [1.165, 1.54) is 0 Å². The number of amides is 1. The lowest BCUT2D eigenvalue weighted by Gasteiger charge is -2.07. The highest BCUT2D eigenvalue weighted by molar-refractivity contribution is 5.67. The van der Waals surface area contributed by atoms with Gasteiger partial charge in [-0.25, -0.2) is 4.79 Å². The van der Waals surface area contributed by atoms with Crippen LogP contribution in [0.5, 0.6) is 5.75 Å². The molecule has 0 atom stereocenters. The van der Waals surface area contributed by atoms with Crippen molar-refractivity contribution in [1.29, 1.82) is 0 Å². The molecular formula is C12H18N2O3. The van der Waals surface area contributed by atoms with E-state index in [-0.39, 0.29) is 6.61 Å². The summed E-state index contributed by atoms with van der Waals surface area (Å²) in [6.45, 7) is 1.31. The van der Waals surface area contributed by atoms with Crippen molar-refractivity contribution in [2.24, 2.45) is 5.73 Å². The van der Waals surface area contributed by atoms with E-state index in [0.29, 0.717) is 13.1 Å². The molecule has 0 bridgehead atoms. The highest BCUT2D eigenvalue weighted by Gasteiger charge is 2.02. The van der Waals surface area contributed by atoms with Crippen LogP contribution in [0.2, 0.25) is 0 Å². The summed E-state index contributed by atoms with van der Waals surface area (Å²) >= 11 is 0. The number of rotatable bonds is 6. The quantitative estimate of drug-likeness (QED) is 0.732. The number of carbonyl (C=O) groups is 1. The summed E-state index contributed by atoms with van der Waals surface area (Å²) in [6, 6.07) is 7.39. The third-order valence-electron chi connectivity index (χ3n) is 2.15. The highest BCUT2D eigenvalue weighted by Crippen LogP contribution is 2.13. The molecular weight excluding hydrogens is 220 g/mol. The van der Waals surface area contributed by atoms with Crippen LogP contribution in [0.4, 0.5) is 4.79 Å². The molecule has 0 saturated heterocycles. The number of carbonyl (C=O) groups excluding carboxylic acids is 1. The van der Waals surface area contributed by atoms with E-state index in [1.54, 1.807) is 7.11 Å². The van der Waals surface area contributed by atoms with Crippen LogP contribution in [0, 0.1) is 0 Å². The van der Waals surface area contributed by atoms with Crippen LogP contribution < -0.4 is 15.8 Å². The molecule has 0 unspecified atom stereocenters. The van der Waals surface area contributed by atoms with Gasteiger partial charge in [-0.05, 0) is 30.7 Å². The van der Waals surface area contributed by atoms with E-state index in [4.69, 9.17) is 15.2 Å². The molecule has 0 aliphatic rings. The van der Waals surface area contributed by atoms with Gasteiger partial charge >= 0.3 is 6.09 Å². The van der Waals surface area contributed by atoms with Gasteiger partial charge in [0.2, 0.25) is 0 Å². The number of benzene rings is 1. The van der Waals surface area contributed by atoms with Crippen molar-refractivity contribution in [3.05, 3.63) is 29.8 Å². The highest BCUT2D eigenvalue weighted by atomic mass is 16.5. The molecule has 0 aromatic heterocycles. The number of alkyl carbamates (subject to hydrolysis) is 1. The Hall–Kier alpha value is -1.75. The first-order valence-corrected chi connectivity index (χ1v) is 5.50. The van der Waals surface area contributed by atoms with Crippen LogP contribution in [0.25, 0.3) is 0 Å². The molecule has 5 nitrogen and oxygen atoms in total. The average Bonchev–Trinajstić information content (AvgIpc) is 2.37. The number of hydrogen-bond donors (Lipinski definition) is 2. The molecule has 94 valence electrons. The second-order valence-electron chi connectivity index (χ2n) is 3.50. The first-order valence-electron chi connectivity index (χ1n) is 5.50. The monoisotopic (exact) mass is 238 g/mol. The van der Waals surface area contributed by atoms with E-state index in [1.807, 2.05) is 24.3 Å². The van der Waals surface area contributed by atoms with Crippen molar-refractivity contribution >= 4 is 6.09 Å². The Labute approximate surface area is 101 Å². The lowest BCUT2D eigenvalue weighted by molar-refractivity contribution is 0.139. The maximum atomic E-state index is 11.2. The smallest absolute Gasteiger partial charge is 0.407 e. The predicted molar refractivity (Wildman–Crippen MR) is 64.9 cm³/mol. The van der Waals surface area contributed by atoms with Gasteiger partial charge in [-0.15, -0.1) is 0 Å². The lowest BCUT2D eigenvalue weighted by atomic mass is 10.2. The van der Waals surface area contributed by atoms with E-state index in [0.717, 1.165) is 17.7 Å². The molecule has 5 heteroatoms. The van der Waals surface area contributed by atoms with E-state index in [2.05, 4.69) is 5.32 Å². The Balaban J connectivity index is 2.31. The Bertz CT molecular complexity index is 355. The largest absolute Gasteiger partial charge is 0.497 e. The molecule has 0 aliphatic heterocycles. The summed E-state index contributed by atoms with van der Waals surface area (Å²) in [5, 5.41) is 2.61. The molecule has 0 saturated carbocycles. The van der Waals surface area contributed by atoms with Crippen molar-refractivity contribution in [3.8, 4) is 5.75 Å². The molecule has 17 heavy (non-hydrogen) atoms. The van der Waals surface area contributed by atoms with Gasteiger partial charge in [0.25, 0.3) is 0 Å². The minimum atomic E-state index is -0.429. The zero-order chi connectivity index (χ0) is 12.5. The van der Waals surface area contributed by atoms with Gasteiger partial charge in [-0.1, -0.05) is 12.1 Å². The van der Waals surface area contributed by atoms with Crippen LogP contribution in [0.1, 0.15) is 12.0 Å². The van der Waals surface area contributed by atoms with Crippen molar-refractivity contribution in [2.75, 3.05) is 20.2 Å². The number of methoxy groups -OCH3 is 1. The van der Waals surface area contributed by atoms with Gasteiger partial charge < -0.3 is 20.5 Å². The van der Waals surface area contributed by atoms with Gasteiger partial charge in [0, 0.05) is 6.54 Å². The number of nitrogens with two attached hydrogens (primary N) is 1. The maximum Gasteiger partial charge on any atom is 0.407 e. The van der Waals surface area contributed by atoms with Crippen LogP contribution >= 0.6 is 0 Å². The molecule has 1 aromatic rings. The number of hydrogen-bond acceptors (Lipinski definition) is 4. The Morgan fingerprint density at radius 3 is 3.00 bits per heavy atom. The van der Waals surface area contributed by atoms with E-state index < -0.39 is 6.09 Å². The second-order valence-corrected chi connectivity index (χ2v) is 3.50. The maximum absolute atomic E-state index is 11.2. The van der Waals surface area contributed by atoms with Crippen molar-refractivity contribution < 1.29 is 14.3 Å². The van der Waals surface area contributed by atoms with Gasteiger partial charge in [-0.2, -0.15) is 0 Å². The summed E-state index contributed by atoms with van der Waals surface area (Å²) in [5.74, 6) is 0.745. The third kappa shape index (κ3) is 5.21. The van der Waals surface area contributed by atoms with Crippen LogP contribution in [-0.4, -0.2) is 26.3 Å². The Morgan fingerprint density at radius 1 is 1.47 bits per heavy atom. The van der Waals surface area contributed by atoms with Crippen LogP contribution in [0.15, 0.2) is 24.3 Å². The summed E-state index contributed by atoms with van der Waals surface area (Å²) in [5.41, 5.74) is 6.19. The first kappa shape index (κ1) is 13.3. The Morgan fingerprint density at radius 2 is 2.29 bits per heavy atom. The zero-order valence-corrected chi connectivity index (χ0v) is 9.94. The SMILES string of the molecule is COc1cccc(COC(=O)NCCCN)c1. The molecule has 0 aliphatic carbocycles. The molecule has 0 radical (unpaired) electrons. The summed E-state index contributed by atoms with van der Waals surface area (Å²) in [7, 11) is 1.60. The predicted octanol–water partition coefficient (Wildman–Crippen LogP) is 1.27. The molecule has 1 aromatic carbocycles. The molecule has 1 amide bonds. The number of ether oxygens (including phenoxy) is 2. The van der Waals surface area contributed by atoms with Crippen molar-refractivity contribution in [2.45, 2.75) is 13.0 Å².